The quantitative estimate of drug-likeness (QED) is 0.557. The number of halogens is 9. The van der Waals surface area contributed by atoms with E-state index in [0.717, 1.165) is 11.1 Å². The molecular weight excluding hydrogens is 539 g/mol. The van der Waals surface area contributed by atoms with Gasteiger partial charge in [0.15, 0.2) is 0 Å². The monoisotopic (exact) mass is 556 g/mol. The molecule has 3 heterocycles. The molecule has 0 bridgehead atoms. The maximum Gasteiger partial charge on any atom is 0.416 e. The first-order valence-electron chi connectivity index (χ1n) is 10.8. The predicted molar refractivity (Wildman–Crippen MR) is 111 cm³/mol. The largest absolute Gasteiger partial charge is 0.416 e. The summed E-state index contributed by atoms with van der Waals surface area (Å²) >= 11 is 0. The van der Waals surface area contributed by atoms with Gasteiger partial charge >= 0.3 is 18.5 Å². The van der Waals surface area contributed by atoms with Crippen molar-refractivity contribution in [1.29, 1.82) is 0 Å². The SMILES string of the molecule is O=C(NC1CONC1=O)c1ccc(N2CCC(c3cc(C(F)(F)F)cc(C(F)(F)F)c3)(C(F)(F)F)C2)nc1. The first kappa shape index (κ1) is 27.5. The third-order valence-corrected chi connectivity index (χ3v) is 6.33. The first-order valence-corrected chi connectivity index (χ1v) is 10.8. The number of anilines is 1. The summed E-state index contributed by atoms with van der Waals surface area (Å²) in [4.78, 5) is 33.4. The van der Waals surface area contributed by atoms with Gasteiger partial charge in [0.25, 0.3) is 11.8 Å². The van der Waals surface area contributed by atoms with Crippen molar-refractivity contribution in [3.8, 4) is 0 Å². The van der Waals surface area contributed by atoms with Crippen molar-refractivity contribution in [2.45, 2.75) is 36.4 Å². The van der Waals surface area contributed by atoms with Gasteiger partial charge in [0, 0.05) is 19.3 Å². The second-order valence-corrected chi connectivity index (χ2v) is 8.75. The Balaban J connectivity index is 1.63. The highest BCUT2D eigenvalue weighted by atomic mass is 19.4. The lowest BCUT2D eigenvalue weighted by molar-refractivity contribution is -0.185. The third-order valence-electron chi connectivity index (χ3n) is 6.33. The number of carbonyl (C=O) groups excluding carboxylic acids is 2. The fourth-order valence-electron chi connectivity index (χ4n) is 4.27. The van der Waals surface area contributed by atoms with Crippen molar-refractivity contribution in [2.24, 2.45) is 0 Å². The van der Waals surface area contributed by atoms with Crippen LogP contribution in [0.25, 0.3) is 0 Å². The van der Waals surface area contributed by atoms with Crippen LogP contribution < -0.4 is 15.7 Å². The topological polar surface area (TPSA) is 83.6 Å². The third kappa shape index (κ3) is 5.21. The Bertz CT molecular complexity index is 1200. The standard InChI is InChI=1S/C22H17F9N4O3/c23-20(24,25)13-5-12(6-14(7-13)21(26,27)28)19(22(29,30)31)3-4-35(10-19)16-2-1-11(8-32-16)17(36)33-15-9-38-34-18(15)37/h1-2,5-8,15H,3-4,9-10H2,(H,33,36)(H,34,37). The Labute approximate surface area is 207 Å². The zero-order valence-corrected chi connectivity index (χ0v) is 18.9. The molecular formula is C22H17F9N4O3. The Hall–Kier alpha value is -3.56. The predicted octanol–water partition coefficient (Wildman–Crippen LogP) is 3.99. The number of aromatic nitrogens is 1. The number of pyridine rings is 1. The van der Waals surface area contributed by atoms with Crippen molar-refractivity contribution in [1.82, 2.24) is 15.8 Å². The molecule has 0 spiro atoms. The molecule has 2 saturated heterocycles. The van der Waals surface area contributed by atoms with E-state index in [0.29, 0.717) is 0 Å². The molecule has 38 heavy (non-hydrogen) atoms. The number of hydroxylamine groups is 1. The number of amides is 2. The van der Waals surface area contributed by atoms with Gasteiger partial charge in [-0.1, -0.05) is 0 Å². The fraction of sp³-hybridized carbons (Fsp3) is 0.409. The fourth-order valence-corrected chi connectivity index (χ4v) is 4.27. The van der Waals surface area contributed by atoms with Gasteiger partial charge < -0.3 is 10.2 Å². The summed E-state index contributed by atoms with van der Waals surface area (Å²) in [5.41, 5.74) is -5.93. The maximum atomic E-state index is 14.3. The van der Waals surface area contributed by atoms with E-state index < -0.39 is 78.0 Å². The highest BCUT2D eigenvalue weighted by molar-refractivity contribution is 5.97. The Morgan fingerprint density at radius 3 is 2.13 bits per heavy atom. The average molecular weight is 556 g/mol. The number of rotatable bonds is 4. The van der Waals surface area contributed by atoms with Crippen LogP contribution in [0.4, 0.5) is 45.3 Å². The number of benzene rings is 1. The zero-order chi connectivity index (χ0) is 28.1. The van der Waals surface area contributed by atoms with E-state index in [1.807, 2.05) is 5.48 Å². The molecule has 0 radical (unpaired) electrons. The Morgan fingerprint density at radius 1 is 1.03 bits per heavy atom. The molecule has 1 aromatic carbocycles. The Morgan fingerprint density at radius 2 is 1.66 bits per heavy atom. The van der Waals surface area contributed by atoms with Crippen LogP contribution in [0.15, 0.2) is 36.5 Å². The van der Waals surface area contributed by atoms with E-state index in [2.05, 4.69) is 15.1 Å². The molecule has 2 atom stereocenters. The molecule has 0 aliphatic carbocycles. The second kappa shape index (κ2) is 9.32. The van der Waals surface area contributed by atoms with Crippen LogP contribution >= 0.6 is 0 Å². The van der Waals surface area contributed by atoms with E-state index in [9.17, 15) is 49.1 Å². The van der Waals surface area contributed by atoms with Crippen LogP contribution in [0.5, 0.6) is 0 Å². The van der Waals surface area contributed by atoms with E-state index in [4.69, 9.17) is 0 Å². The van der Waals surface area contributed by atoms with Gasteiger partial charge in [-0.05, 0) is 42.3 Å². The van der Waals surface area contributed by atoms with Gasteiger partial charge in [-0.25, -0.2) is 10.5 Å². The first-order chi connectivity index (χ1) is 17.5. The lowest BCUT2D eigenvalue weighted by Gasteiger charge is -2.33. The van der Waals surface area contributed by atoms with Gasteiger partial charge in [0.1, 0.15) is 23.9 Å². The minimum atomic E-state index is -5.32. The number of nitrogens with zero attached hydrogens (tertiary/aromatic N) is 2. The van der Waals surface area contributed by atoms with Gasteiger partial charge in [-0.15, -0.1) is 0 Å². The summed E-state index contributed by atoms with van der Waals surface area (Å²) in [6, 6.07) is 1.37. The van der Waals surface area contributed by atoms with Crippen molar-refractivity contribution < 1.29 is 53.9 Å². The van der Waals surface area contributed by atoms with Crippen LogP contribution in [0.2, 0.25) is 0 Å². The molecule has 2 aliphatic rings. The molecule has 206 valence electrons. The van der Waals surface area contributed by atoms with Crippen LogP contribution in [0.3, 0.4) is 0 Å². The van der Waals surface area contributed by atoms with Gasteiger partial charge in [0.05, 0.1) is 16.7 Å². The highest BCUT2D eigenvalue weighted by Crippen LogP contribution is 2.50. The summed E-state index contributed by atoms with van der Waals surface area (Å²) in [5.74, 6) is -1.41. The molecule has 2 unspecified atom stereocenters. The molecule has 1 aromatic heterocycles. The lowest BCUT2D eigenvalue weighted by atomic mass is 9.77. The Kier molecular flexibility index (Phi) is 6.74. The van der Waals surface area contributed by atoms with Crippen molar-refractivity contribution in [2.75, 3.05) is 24.6 Å². The number of carbonyl (C=O) groups is 2. The number of hydrogen-bond donors (Lipinski definition) is 2. The van der Waals surface area contributed by atoms with Crippen molar-refractivity contribution in [3.05, 3.63) is 58.8 Å². The highest BCUT2D eigenvalue weighted by Gasteiger charge is 2.60. The summed E-state index contributed by atoms with van der Waals surface area (Å²) in [5, 5.41) is 2.36. The average Bonchev–Trinajstić information content (AvgIpc) is 3.45. The summed E-state index contributed by atoms with van der Waals surface area (Å²) in [6.07, 6.45) is -15.7. The normalized spacial score (nSPS) is 22.5. The lowest BCUT2D eigenvalue weighted by Crippen LogP contribution is -2.45. The van der Waals surface area contributed by atoms with Crippen molar-refractivity contribution >= 4 is 17.6 Å². The van der Waals surface area contributed by atoms with E-state index >= 15 is 0 Å². The van der Waals surface area contributed by atoms with Crippen LogP contribution in [0, 0.1) is 0 Å². The molecule has 2 aliphatic heterocycles. The number of hydrogen-bond acceptors (Lipinski definition) is 5. The van der Waals surface area contributed by atoms with Gasteiger partial charge in [-0.3, -0.25) is 14.4 Å². The molecule has 0 saturated carbocycles. The maximum absolute atomic E-state index is 14.3. The molecule has 16 heteroatoms. The minimum Gasteiger partial charge on any atom is -0.355 e. The minimum absolute atomic E-state index is 0.0533. The van der Waals surface area contributed by atoms with Crippen molar-refractivity contribution in [3.63, 3.8) is 0 Å². The van der Waals surface area contributed by atoms with Crippen LogP contribution in [-0.4, -0.2) is 48.7 Å². The smallest absolute Gasteiger partial charge is 0.355 e. The van der Waals surface area contributed by atoms with Gasteiger partial charge in [-0.2, -0.15) is 39.5 Å². The zero-order valence-electron chi connectivity index (χ0n) is 18.9. The van der Waals surface area contributed by atoms with E-state index in [-0.39, 0.29) is 36.2 Å². The molecule has 2 fully saturated rings. The van der Waals surface area contributed by atoms with E-state index in [1.54, 1.807) is 0 Å². The molecule has 4 rings (SSSR count). The summed E-state index contributed by atoms with van der Waals surface area (Å²) in [6.45, 7) is -1.53. The number of alkyl halides is 9. The van der Waals surface area contributed by atoms with Crippen LogP contribution in [-0.2, 0) is 27.4 Å². The molecule has 7 nitrogen and oxygen atoms in total. The molecule has 2 N–H and O–H groups in total. The van der Waals surface area contributed by atoms with Gasteiger partial charge in [0.2, 0.25) is 0 Å². The van der Waals surface area contributed by atoms with E-state index in [1.165, 1.54) is 12.1 Å². The number of nitrogens with one attached hydrogen (secondary N) is 2. The molecule has 2 amide bonds. The van der Waals surface area contributed by atoms with Crippen LogP contribution in [0.1, 0.15) is 33.5 Å². The summed E-state index contributed by atoms with van der Waals surface area (Å²) in [7, 11) is 0. The summed E-state index contributed by atoms with van der Waals surface area (Å²) < 4.78 is 123. The second-order valence-electron chi connectivity index (χ2n) is 8.75. The molecule has 2 aromatic rings.